The minimum absolute atomic E-state index is 0.429. The fourth-order valence-corrected chi connectivity index (χ4v) is 2.71. The Bertz CT molecular complexity index is 905. The van der Waals surface area contributed by atoms with Gasteiger partial charge in [-0.1, -0.05) is 23.7 Å². The highest BCUT2D eigenvalue weighted by molar-refractivity contribution is 6.29. The van der Waals surface area contributed by atoms with E-state index in [-0.39, 0.29) is 0 Å². The molecule has 0 amide bonds. The molecular formula is C16H12ClN5. The molecular weight excluding hydrogens is 298 g/mol. The number of fused-ring (bicyclic) bond motifs is 1. The quantitative estimate of drug-likeness (QED) is 0.570. The van der Waals surface area contributed by atoms with Crippen LogP contribution in [0, 0.1) is 6.57 Å². The summed E-state index contributed by atoms with van der Waals surface area (Å²) < 4.78 is 1.77. The van der Waals surface area contributed by atoms with Gasteiger partial charge < -0.3 is 5.32 Å². The first-order valence-electron chi connectivity index (χ1n) is 7.03. The van der Waals surface area contributed by atoms with E-state index in [0.717, 1.165) is 22.7 Å². The molecule has 2 heterocycles. The van der Waals surface area contributed by atoms with Gasteiger partial charge in [-0.15, -0.1) is 0 Å². The first-order chi connectivity index (χ1) is 10.7. The maximum Gasteiger partial charge on any atom is 0.189 e. The molecule has 0 spiro atoms. The van der Waals surface area contributed by atoms with Gasteiger partial charge in [0.2, 0.25) is 0 Å². The largest absolute Gasteiger partial charge is 0.341 e. The molecule has 1 aliphatic rings. The summed E-state index contributed by atoms with van der Waals surface area (Å²) in [4.78, 5) is 7.85. The van der Waals surface area contributed by atoms with Crippen LogP contribution in [0.2, 0.25) is 5.15 Å². The molecule has 22 heavy (non-hydrogen) atoms. The van der Waals surface area contributed by atoms with Crippen LogP contribution < -0.4 is 5.32 Å². The zero-order valence-electron chi connectivity index (χ0n) is 11.6. The fraction of sp³-hybridized carbons (Fsp3) is 0.188. The van der Waals surface area contributed by atoms with E-state index in [4.69, 9.17) is 18.2 Å². The lowest BCUT2D eigenvalue weighted by Crippen LogP contribution is -2.01. The van der Waals surface area contributed by atoms with Crippen LogP contribution in [0.25, 0.3) is 10.5 Å². The lowest BCUT2D eigenvalue weighted by molar-refractivity contribution is 0.947. The summed E-state index contributed by atoms with van der Waals surface area (Å²) in [5.41, 5.74) is 3.36. The SMILES string of the molecule is [C-]#[N+]c1cccc(Nc2cc(Cl)nc3c(C4CC4)cnn23)c1. The van der Waals surface area contributed by atoms with Gasteiger partial charge >= 0.3 is 0 Å². The summed E-state index contributed by atoms with van der Waals surface area (Å²) in [6, 6.07) is 9.04. The van der Waals surface area contributed by atoms with Crippen LogP contribution in [0.3, 0.4) is 0 Å². The average molecular weight is 310 g/mol. The van der Waals surface area contributed by atoms with Gasteiger partial charge in [0.25, 0.3) is 0 Å². The number of hydrogen-bond donors (Lipinski definition) is 1. The Balaban J connectivity index is 1.79. The molecule has 1 aliphatic carbocycles. The molecule has 2 aromatic heterocycles. The third kappa shape index (κ3) is 2.28. The second-order valence-corrected chi connectivity index (χ2v) is 5.75. The Kier molecular flexibility index (Phi) is 2.98. The summed E-state index contributed by atoms with van der Waals surface area (Å²) in [6.07, 6.45) is 4.24. The van der Waals surface area contributed by atoms with Gasteiger partial charge in [0.05, 0.1) is 12.8 Å². The molecule has 1 aromatic carbocycles. The number of aromatic nitrogens is 3. The maximum atomic E-state index is 7.09. The highest BCUT2D eigenvalue weighted by Crippen LogP contribution is 2.42. The van der Waals surface area contributed by atoms with E-state index in [9.17, 15) is 0 Å². The summed E-state index contributed by atoms with van der Waals surface area (Å²) in [5, 5.41) is 8.13. The lowest BCUT2D eigenvalue weighted by atomic mass is 10.2. The normalized spacial score (nSPS) is 14.0. The molecule has 0 unspecified atom stereocenters. The monoisotopic (exact) mass is 309 g/mol. The minimum atomic E-state index is 0.429. The predicted molar refractivity (Wildman–Crippen MR) is 86.0 cm³/mol. The van der Waals surface area contributed by atoms with E-state index in [1.54, 1.807) is 22.7 Å². The van der Waals surface area contributed by atoms with Crippen LogP contribution in [-0.4, -0.2) is 14.6 Å². The van der Waals surface area contributed by atoms with E-state index >= 15 is 0 Å². The predicted octanol–water partition coefficient (Wildman–Crippen LogP) is 4.55. The van der Waals surface area contributed by atoms with Crippen LogP contribution >= 0.6 is 11.6 Å². The van der Waals surface area contributed by atoms with Gasteiger partial charge in [0.15, 0.2) is 11.3 Å². The van der Waals surface area contributed by atoms with Crippen LogP contribution in [0.5, 0.6) is 0 Å². The Morgan fingerprint density at radius 2 is 2.18 bits per heavy atom. The zero-order chi connectivity index (χ0) is 15.1. The highest BCUT2D eigenvalue weighted by Gasteiger charge is 2.28. The smallest absolute Gasteiger partial charge is 0.189 e. The first kappa shape index (κ1) is 13.1. The fourth-order valence-electron chi connectivity index (χ4n) is 2.52. The zero-order valence-corrected chi connectivity index (χ0v) is 12.4. The molecule has 6 heteroatoms. The van der Waals surface area contributed by atoms with E-state index in [0.29, 0.717) is 16.8 Å². The van der Waals surface area contributed by atoms with Crippen molar-refractivity contribution < 1.29 is 0 Å². The highest BCUT2D eigenvalue weighted by atomic mass is 35.5. The van der Waals surface area contributed by atoms with Crippen molar-refractivity contribution in [3.05, 3.63) is 58.7 Å². The van der Waals surface area contributed by atoms with Gasteiger partial charge in [0, 0.05) is 17.3 Å². The van der Waals surface area contributed by atoms with Crippen LogP contribution in [-0.2, 0) is 0 Å². The maximum absolute atomic E-state index is 7.09. The van der Waals surface area contributed by atoms with Gasteiger partial charge in [-0.3, -0.25) is 0 Å². The molecule has 108 valence electrons. The van der Waals surface area contributed by atoms with E-state index in [1.807, 2.05) is 18.3 Å². The Labute approximate surface area is 132 Å². The lowest BCUT2D eigenvalue weighted by Gasteiger charge is -2.09. The van der Waals surface area contributed by atoms with E-state index < -0.39 is 0 Å². The second-order valence-electron chi connectivity index (χ2n) is 5.36. The van der Waals surface area contributed by atoms with Gasteiger partial charge in [-0.2, -0.15) is 9.61 Å². The molecule has 1 N–H and O–H groups in total. The topological polar surface area (TPSA) is 46.6 Å². The number of nitrogens with one attached hydrogen (secondary N) is 1. The average Bonchev–Trinajstić information content (AvgIpc) is 3.27. The van der Waals surface area contributed by atoms with Crippen LogP contribution in [0.15, 0.2) is 36.5 Å². The minimum Gasteiger partial charge on any atom is -0.341 e. The van der Waals surface area contributed by atoms with Crippen molar-refractivity contribution in [2.45, 2.75) is 18.8 Å². The van der Waals surface area contributed by atoms with Crippen molar-refractivity contribution in [3.63, 3.8) is 0 Å². The Hall–Kier alpha value is -2.58. The number of benzene rings is 1. The first-order valence-corrected chi connectivity index (χ1v) is 7.41. The van der Waals surface area contributed by atoms with Crippen molar-refractivity contribution in [3.8, 4) is 0 Å². The van der Waals surface area contributed by atoms with Crippen molar-refractivity contribution >= 4 is 34.4 Å². The molecule has 4 rings (SSSR count). The molecule has 3 aromatic rings. The molecule has 0 atom stereocenters. The van der Waals surface area contributed by atoms with Gasteiger partial charge in [-0.25, -0.2) is 9.83 Å². The van der Waals surface area contributed by atoms with Crippen LogP contribution in [0.4, 0.5) is 17.2 Å². The van der Waals surface area contributed by atoms with Crippen molar-refractivity contribution in [1.82, 2.24) is 14.6 Å². The molecule has 1 fully saturated rings. The van der Waals surface area contributed by atoms with E-state index in [2.05, 4.69) is 20.2 Å². The van der Waals surface area contributed by atoms with Crippen molar-refractivity contribution in [1.29, 1.82) is 0 Å². The second kappa shape index (κ2) is 5.00. The number of nitrogens with zero attached hydrogens (tertiary/aromatic N) is 4. The third-order valence-electron chi connectivity index (χ3n) is 3.73. The third-order valence-corrected chi connectivity index (χ3v) is 3.93. The molecule has 0 bridgehead atoms. The number of anilines is 2. The molecule has 5 nitrogen and oxygen atoms in total. The standard InChI is InChI=1S/C16H12ClN5/c1-18-11-3-2-4-12(7-11)20-15-8-14(17)21-16-13(10-5-6-10)9-19-22(15)16/h2-4,7-10,20H,5-6H2. The van der Waals surface area contributed by atoms with Crippen LogP contribution in [0.1, 0.15) is 24.3 Å². The number of hydrogen-bond acceptors (Lipinski definition) is 3. The summed E-state index contributed by atoms with van der Waals surface area (Å²) in [5.74, 6) is 1.30. The van der Waals surface area contributed by atoms with Crippen molar-refractivity contribution in [2.24, 2.45) is 0 Å². The van der Waals surface area contributed by atoms with Gasteiger partial charge in [-0.05, 0) is 30.9 Å². The molecule has 0 aliphatic heterocycles. The van der Waals surface area contributed by atoms with Crippen molar-refractivity contribution in [2.75, 3.05) is 5.32 Å². The molecule has 0 saturated heterocycles. The Morgan fingerprint density at radius 3 is 2.95 bits per heavy atom. The Morgan fingerprint density at radius 1 is 1.32 bits per heavy atom. The summed E-state index contributed by atoms with van der Waals surface area (Å²) >= 11 is 6.16. The number of rotatable bonds is 3. The summed E-state index contributed by atoms with van der Waals surface area (Å²) in [7, 11) is 0. The van der Waals surface area contributed by atoms with Gasteiger partial charge in [0.1, 0.15) is 11.0 Å². The molecule has 0 radical (unpaired) electrons. The number of halogens is 1. The van der Waals surface area contributed by atoms with E-state index in [1.165, 1.54) is 12.8 Å². The molecule has 1 saturated carbocycles. The summed E-state index contributed by atoms with van der Waals surface area (Å²) in [6.45, 7) is 7.09.